The number of methoxy groups -OCH3 is 1. The van der Waals surface area contributed by atoms with Crippen molar-refractivity contribution >= 4 is 22.0 Å². The van der Waals surface area contributed by atoms with Gasteiger partial charge < -0.3 is 9.47 Å². The van der Waals surface area contributed by atoms with Gasteiger partial charge in [0.25, 0.3) is 0 Å². The summed E-state index contributed by atoms with van der Waals surface area (Å²) in [4.78, 5) is 0. The number of hydrogen-bond donors (Lipinski definition) is 0. The Morgan fingerprint density at radius 1 is 1.35 bits per heavy atom. The van der Waals surface area contributed by atoms with Crippen molar-refractivity contribution < 1.29 is 22.6 Å². The molecule has 0 bridgehead atoms. The fraction of sp³-hybridized carbons (Fsp3) is 0.273. The summed E-state index contributed by atoms with van der Waals surface area (Å²) >= 11 is 3.25. The van der Waals surface area contributed by atoms with E-state index in [1.165, 1.54) is 13.2 Å². The van der Waals surface area contributed by atoms with Crippen LogP contribution in [0.2, 0.25) is 0 Å². The molecule has 17 heavy (non-hydrogen) atoms. The van der Waals surface area contributed by atoms with Crippen molar-refractivity contribution in [3.63, 3.8) is 0 Å². The van der Waals surface area contributed by atoms with E-state index in [1.807, 2.05) is 0 Å². The number of fused-ring (bicyclic) bond motifs is 1. The molecular weight excluding hydrogens is 301 g/mol. The third kappa shape index (κ3) is 2.26. The molecule has 1 unspecified atom stereocenters. The van der Waals surface area contributed by atoms with Gasteiger partial charge in [-0.2, -0.15) is 13.2 Å². The van der Waals surface area contributed by atoms with Crippen LogP contribution in [0, 0.1) is 0 Å². The lowest BCUT2D eigenvalue weighted by Crippen LogP contribution is -2.34. The van der Waals surface area contributed by atoms with Crippen LogP contribution < -0.4 is 9.47 Å². The third-order valence-electron chi connectivity index (χ3n) is 2.33. The van der Waals surface area contributed by atoms with E-state index in [1.54, 1.807) is 12.1 Å². The van der Waals surface area contributed by atoms with Gasteiger partial charge in [0, 0.05) is 10.0 Å². The Morgan fingerprint density at radius 2 is 2.06 bits per heavy atom. The zero-order valence-electron chi connectivity index (χ0n) is 8.72. The van der Waals surface area contributed by atoms with Crippen molar-refractivity contribution in [1.82, 2.24) is 0 Å². The van der Waals surface area contributed by atoms with Crippen LogP contribution in [-0.2, 0) is 0 Å². The summed E-state index contributed by atoms with van der Waals surface area (Å²) in [6.45, 7) is 0. The maximum absolute atomic E-state index is 12.5. The van der Waals surface area contributed by atoms with Gasteiger partial charge in [-0.1, -0.05) is 15.9 Å². The van der Waals surface area contributed by atoms with Crippen LogP contribution in [0.1, 0.15) is 5.56 Å². The van der Waals surface area contributed by atoms with Crippen LogP contribution >= 0.6 is 15.9 Å². The molecule has 1 aliphatic heterocycles. The van der Waals surface area contributed by atoms with Gasteiger partial charge in [-0.05, 0) is 24.3 Å². The van der Waals surface area contributed by atoms with Crippen molar-refractivity contribution in [2.75, 3.05) is 7.11 Å². The van der Waals surface area contributed by atoms with E-state index in [0.29, 0.717) is 10.0 Å². The summed E-state index contributed by atoms with van der Waals surface area (Å²) in [6.07, 6.45) is -4.00. The topological polar surface area (TPSA) is 18.5 Å². The van der Waals surface area contributed by atoms with Gasteiger partial charge in [0.1, 0.15) is 0 Å². The Hall–Kier alpha value is -1.17. The van der Waals surface area contributed by atoms with Crippen molar-refractivity contribution in [2.24, 2.45) is 0 Å². The van der Waals surface area contributed by atoms with Crippen LogP contribution in [0.25, 0.3) is 6.08 Å². The predicted molar refractivity (Wildman–Crippen MR) is 60.2 cm³/mol. The minimum atomic E-state index is -4.43. The van der Waals surface area contributed by atoms with E-state index < -0.39 is 12.3 Å². The maximum Gasteiger partial charge on any atom is 0.429 e. The first-order chi connectivity index (χ1) is 7.93. The molecule has 0 spiro atoms. The minimum Gasteiger partial charge on any atom is -0.493 e. The molecular formula is C11H8BrF3O2. The van der Waals surface area contributed by atoms with Crippen molar-refractivity contribution in [3.8, 4) is 11.5 Å². The quantitative estimate of drug-likeness (QED) is 0.786. The highest BCUT2D eigenvalue weighted by Gasteiger charge is 2.42. The largest absolute Gasteiger partial charge is 0.493 e. The van der Waals surface area contributed by atoms with Gasteiger partial charge in [-0.15, -0.1) is 0 Å². The van der Waals surface area contributed by atoms with Crippen LogP contribution in [0.15, 0.2) is 22.7 Å². The number of alkyl halides is 3. The molecule has 1 aromatic rings. The molecule has 0 aromatic heterocycles. The van der Waals surface area contributed by atoms with Gasteiger partial charge in [-0.25, -0.2) is 0 Å². The fourth-order valence-corrected chi connectivity index (χ4v) is 1.96. The summed E-state index contributed by atoms with van der Waals surface area (Å²) in [7, 11) is 1.38. The fourth-order valence-electron chi connectivity index (χ4n) is 1.52. The van der Waals surface area contributed by atoms with Crippen LogP contribution in [0.5, 0.6) is 11.5 Å². The number of rotatable bonds is 1. The molecule has 0 radical (unpaired) electrons. The lowest BCUT2D eigenvalue weighted by Gasteiger charge is -2.25. The molecule has 1 aromatic carbocycles. The standard InChI is InChI=1S/C11H8BrF3O2/c1-16-8-4-3-7(12)6-2-5-9(11(13,14)15)17-10(6)8/h2-5,9H,1H3. The maximum atomic E-state index is 12.5. The van der Waals surface area contributed by atoms with Gasteiger partial charge >= 0.3 is 6.18 Å². The molecule has 2 nitrogen and oxygen atoms in total. The van der Waals surface area contributed by atoms with Crippen LogP contribution in [0.4, 0.5) is 13.2 Å². The van der Waals surface area contributed by atoms with Gasteiger partial charge in [0.2, 0.25) is 6.10 Å². The van der Waals surface area contributed by atoms with Crippen molar-refractivity contribution in [2.45, 2.75) is 12.3 Å². The average molecular weight is 309 g/mol. The summed E-state index contributed by atoms with van der Waals surface area (Å²) < 4.78 is 48.2. The second-order valence-electron chi connectivity index (χ2n) is 3.43. The highest BCUT2D eigenvalue weighted by atomic mass is 79.9. The lowest BCUT2D eigenvalue weighted by atomic mass is 10.1. The zero-order chi connectivity index (χ0) is 12.6. The van der Waals surface area contributed by atoms with Crippen LogP contribution in [-0.4, -0.2) is 19.4 Å². The minimum absolute atomic E-state index is 0.103. The molecule has 0 N–H and O–H groups in total. The molecule has 2 rings (SSSR count). The molecule has 0 aliphatic carbocycles. The SMILES string of the molecule is COc1ccc(Br)c2c1OC(C(F)(F)F)C=C2. The van der Waals surface area contributed by atoms with Crippen LogP contribution in [0.3, 0.4) is 0 Å². The first kappa shape index (κ1) is 12.3. The van der Waals surface area contributed by atoms with E-state index in [4.69, 9.17) is 9.47 Å². The highest BCUT2D eigenvalue weighted by molar-refractivity contribution is 9.10. The second kappa shape index (κ2) is 4.25. The molecule has 92 valence electrons. The van der Waals surface area contributed by atoms with Crippen molar-refractivity contribution in [3.05, 3.63) is 28.2 Å². The monoisotopic (exact) mass is 308 g/mol. The van der Waals surface area contributed by atoms with Gasteiger partial charge in [0.15, 0.2) is 11.5 Å². The first-order valence-electron chi connectivity index (χ1n) is 4.71. The summed E-state index contributed by atoms with van der Waals surface area (Å²) in [5.41, 5.74) is 0.546. The predicted octanol–water partition coefficient (Wildman–Crippen LogP) is 3.79. The van der Waals surface area contributed by atoms with E-state index in [-0.39, 0.29) is 11.5 Å². The van der Waals surface area contributed by atoms with E-state index in [0.717, 1.165) is 6.08 Å². The van der Waals surface area contributed by atoms with E-state index >= 15 is 0 Å². The average Bonchev–Trinajstić information content (AvgIpc) is 2.28. The summed E-state index contributed by atoms with van der Waals surface area (Å²) in [6, 6.07) is 3.24. The molecule has 0 fully saturated rings. The van der Waals surface area contributed by atoms with E-state index in [2.05, 4.69) is 15.9 Å². The molecule has 1 aliphatic rings. The smallest absolute Gasteiger partial charge is 0.429 e. The number of ether oxygens (including phenoxy) is 2. The number of hydrogen-bond acceptors (Lipinski definition) is 2. The van der Waals surface area contributed by atoms with Crippen molar-refractivity contribution in [1.29, 1.82) is 0 Å². The normalized spacial score (nSPS) is 18.5. The molecule has 0 amide bonds. The summed E-state index contributed by atoms with van der Waals surface area (Å²) in [5, 5.41) is 0. The summed E-state index contributed by atoms with van der Waals surface area (Å²) in [5.74, 6) is 0.383. The molecule has 0 saturated heterocycles. The number of benzene rings is 1. The molecule has 6 heteroatoms. The third-order valence-corrected chi connectivity index (χ3v) is 3.02. The Balaban J connectivity index is 2.46. The lowest BCUT2D eigenvalue weighted by molar-refractivity contribution is -0.180. The Bertz CT molecular complexity index is 469. The molecule has 0 saturated carbocycles. The molecule has 1 atom stereocenters. The Labute approximate surface area is 104 Å². The van der Waals surface area contributed by atoms with Gasteiger partial charge in [-0.3, -0.25) is 0 Å². The highest BCUT2D eigenvalue weighted by Crippen LogP contribution is 2.42. The first-order valence-corrected chi connectivity index (χ1v) is 5.51. The Kier molecular flexibility index (Phi) is 3.07. The second-order valence-corrected chi connectivity index (χ2v) is 4.29. The van der Waals surface area contributed by atoms with Gasteiger partial charge in [0.05, 0.1) is 7.11 Å². The Morgan fingerprint density at radius 3 is 2.65 bits per heavy atom. The molecule has 1 heterocycles. The zero-order valence-corrected chi connectivity index (χ0v) is 10.3. The number of halogens is 4. The van der Waals surface area contributed by atoms with E-state index in [9.17, 15) is 13.2 Å².